The summed E-state index contributed by atoms with van der Waals surface area (Å²) in [5.74, 6) is 0.523. The largest absolute Gasteiger partial charge is 0.481 e. The Bertz CT molecular complexity index is 489. The fourth-order valence-corrected chi connectivity index (χ4v) is 2.54. The predicted molar refractivity (Wildman–Crippen MR) is 68.8 cm³/mol. The molecule has 98 valence electrons. The van der Waals surface area contributed by atoms with Gasteiger partial charge in [0.15, 0.2) is 11.5 Å². The van der Waals surface area contributed by atoms with Crippen molar-refractivity contribution in [3.05, 3.63) is 21.7 Å². The third-order valence-corrected chi connectivity index (χ3v) is 3.54. The number of halogens is 1. The van der Waals surface area contributed by atoms with E-state index in [4.69, 9.17) is 20.3 Å². The molecule has 6 heteroatoms. The fraction of sp³-hybridized carbons (Fsp3) is 0.417. The van der Waals surface area contributed by atoms with Crippen LogP contribution in [0.4, 0.5) is 0 Å². The molecule has 0 saturated carbocycles. The summed E-state index contributed by atoms with van der Waals surface area (Å²) in [7, 11) is 0. The van der Waals surface area contributed by atoms with Crippen LogP contribution in [0.5, 0.6) is 11.5 Å². The van der Waals surface area contributed by atoms with Crippen molar-refractivity contribution < 1.29 is 19.4 Å². The van der Waals surface area contributed by atoms with Crippen molar-refractivity contribution in [1.29, 1.82) is 0 Å². The minimum atomic E-state index is -0.845. The number of ether oxygens (including phenoxy) is 2. The zero-order valence-corrected chi connectivity index (χ0v) is 11.5. The van der Waals surface area contributed by atoms with E-state index in [1.165, 1.54) is 0 Å². The van der Waals surface area contributed by atoms with E-state index in [1.807, 2.05) is 13.0 Å². The van der Waals surface area contributed by atoms with Gasteiger partial charge in [0.2, 0.25) is 6.79 Å². The van der Waals surface area contributed by atoms with E-state index in [0.717, 1.165) is 15.6 Å². The molecule has 1 aliphatic heterocycles. The lowest BCUT2D eigenvalue weighted by atomic mass is 9.97. The van der Waals surface area contributed by atoms with E-state index in [1.54, 1.807) is 0 Å². The van der Waals surface area contributed by atoms with Crippen LogP contribution in [0.1, 0.15) is 30.0 Å². The quantitative estimate of drug-likeness (QED) is 0.891. The SMILES string of the molecule is Cc1c(C(N)CCC(=O)O)cc(Br)c2c1OCO2. The summed E-state index contributed by atoms with van der Waals surface area (Å²) in [6, 6.07) is 1.54. The second-order valence-corrected chi connectivity index (χ2v) is 5.03. The van der Waals surface area contributed by atoms with Crippen LogP contribution in [0.15, 0.2) is 10.5 Å². The molecule has 0 spiro atoms. The molecule has 2 rings (SSSR count). The van der Waals surface area contributed by atoms with Crippen LogP contribution in [-0.2, 0) is 4.79 Å². The van der Waals surface area contributed by atoms with Gasteiger partial charge in [0, 0.05) is 12.5 Å². The molecule has 0 aromatic heterocycles. The van der Waals surface area contributed by atoms with Gasteiger partial charge in [0.05, 0.1) is 4.47 Å². The normalized spacial score (nSPS) is 14.6. The second-order valence-electron chi connectivity index (χ2n) is 4.18. The lowest BCUT2D eigenvalue weighted by Crippen LogP contribution is -2.14. The number of fused-ring (bicyclic) bond motifs is 1. The van der Waals surface area contributed by atoms with Gasteiger partial charge in [0.25, 0.3) is 0 Å². The smallest absolute Gasteiger partial charge is 0.303 e. The molecular weight excluding hydrogens is 302 g/mol. The minimum absolute atomic E-state index is 0.0483. The highest BCUT2D eigenvalue weighted by molar-refractivity contribution is 9.10. The highest BCUT2D eigenvalue weighted by Crippen LogP contribution is 2.44. The molecule has 0 fully saturated rings. The third kappa shape index (κ3) is 2.44. The molecule has 0 bridgehead atoms. The highest BCUT2D eigenvalue weighted by Gasteiger charge is 2.24. The first-order chi connectivity index (χ1) is 8.50. The molecule has 1 atom stereocenters. The summed E-state index contributed by atoms with van der Waals surface area (Å²) < 4.78 is 11.5. The van der Waals surface area contributed by atoms with E-state index >= 15 is 0 Å². The van der Waals surface area contributed by atoms with Crippen molar-refractivity contribution in [3.63, 3.8) is 0 Å². The maximum atomic E-state index is 10.6. The average Bonchev–Trinajstić information content (AvgIpc) is 2.80. The van der Waals surface area contributed by atoms with Gasteiger partial charge in [-0.3, -0.25) is 4.79 Å². The molecule has 1 aliphatic rings. The molecule has 3 N–H and O–H groups in total. The summed E-state index contributed by atoms with van der Waals surface area (Å²) in [5.41, 5.74) is 7.81. The molecule has 1 unspecified atom stereocenters. The second kappa shape index (κ2) is 5.16. The predicted octanol–water partition coefficient (Wildman–Crippen LogP) is 2.35. The van der Waals surface area contributed by atoms with Gasteiger partial charge < -0.3 is 20.3 Å². The molecule has 0 saturated heterocycles. The number of carboxylic acids is 1. The van der Waals surface area contributed by atoms with Crippen LogP contribution in [-0.4, -0.2) is 17.9 Å². The van der Waals surface area contributed by atoms with Crippen molar-refractivity contribution in [2.45, 2.75) is 25.8 Å². The number of hydrogen-bond acceptors (Lipinski definition) is 4. The summed E-state index contributed by atoms with van der Waals surface area (Å²) in [6.07, 6.45) is 0.439. The van der Waals surface area contributed by atoms with E-state index in [2.05, 4.69) is 15.9 Å². The Balaban J connectivity index is 2.28. The number of nitrogens with two attached hydrogens (primary N) is 1. The Morgan fingerprint density at radius 3 is 2.89 bits per heavy atom. The van der Waals surface area contributed by atoms with Gasteiger partial charge in [-0.15, -0.1) is 0 Å². The first kappa shape index (κ1) is 13.2. The molecular formula is C12H14BrNO4. The summed E-state index contributed by atoms with van der Waals surface area (Å²) in [4.78, 5) is 10.6. The highest BCUT2D eigenvalue weighted by atomic mass is 79.9. The van der Waals surface area contributed by atoms with E-state index in [9.17, 15) is 4.79 Å². The monoisotopic (exact) mass is 315 g/mol. The van der Waals surface area contributed by atoms with Crippen molar-refractivity contribution in [1.82, 2.24) is 0 Å². The van der Waals surface area contributed by atoms with Crippen molar-refractivity contribution >= 4 is 21.9 Å². The number of benzene rings is 1. The van der Waals surface area contributed by atoms with Crippen LogP contribution >= 0.6 is 15.9 Å². The van der Waals surface area contributed by atoms with Gasteiger partial charge in [0.1, 0.15) is 0 Å². The molecule has 1 aromatic carbocycles. The first-order valence-corrected chi connectivity index (χ1v) is 6.36. The maximum Gasteiger partial charge on any atom is 0.303 e. The van der Waals surface area contributed by atoms with Gasteiger partial charge in [-0.1, -0.05) is 0 Å². The number of carboxylic acid groups (broad SMARTS) is 1. The van der Waals surface area contributed by atoms with Crippen LogP contribution in [0.2, 0.25) is 0 Å². The molecule has 5 nitrogen and oxygen atoms in total. The Labute approximate surface area is 113 Å². The Morgan fingerprint density at radius 2 is 2.22 bits per heavy atom. The third-order valence-electron chi connectivity index (χ3n) is 2.95. The van der Waals surface area contributed by atoms with Crippen molar-refractivity contribution in [3.8, 4) is 11.5 Å². The van der Waals surface area contributed by atoms with Crippen LogP contribution in [0.3, 0.4) is 0 Å². The van der Waals surface area contributed by atoms with Crippen LogP contribution < -0.4 is 15.2 Å². The summed E-state index contributed by atoms with van der Waals surface area (Å²) >= 11 is 3.40. The standard InChI is InChI=1S/C12H14BrNO4/c1-6-7(9(14)2-3-10(15)16)4-8(13)12-11(6)17-5-18-12/h4,9H,2-3,5,14H2,1H3,(H,15,16). The van der Waals surface area contributed by atoms with Gasteiger partial charge in [-0.05, 0) is 46.5 Å². The maximum absolute atomic E-state index is 10.6. The topological polar surface area (TPSA) is 81.8 Å². The Hall–Kier alpha value is -1.27. The lowest BCUT2D eigenvalue weighted by Gasteiger charge is -2.16. The number of rotatable bonds is 4. The number of carbonyl (C=O) groups is 1. The minimum Gasteiger partial charge on any atom is -0.481 e. The number of aliphatic carboxylic acids is 1. The average molecular weight is 316 g/mol. The van der Waals surface area contributed by atoms with Gasteiger partial charge in [-0.25, -0.2) is 0 Å². The molecule has 18 heavy (non-hydrogen) atoms. The first-order valence-electron chi connectivity index (χ1n) is 5.56. The molecule has 1 aromatic rings. The van der Waals surface area contributed by atoms with Gasteiger partial charge in [-0.2, -0.15) is 0 Å². The number of hydrogen-bond donors (Lipinski definition) is 2. The van der Waals surface area contributed by atoms with Crippen LogP contribution in [0.25, 0.3) is 0 Å². The molecule has 0 radical (unpaired) electrons. The zero-order valence-electron chi connectivity index (χ0n) is 9.90. The Kier molecular flexibility index (Phi) is 3.77. The zero-order chi connectivity index (χ0) is 13.3. The van der Waals surface area contributed by atoms with Crippen molar-refractivity contribution in [2.24, 2.45) is 5.73 Å². The van der Waals surface area contributed by atoms with Crippen LogP contribution in [0, 0.1) is 6.92 Å². The summed E-state index contributed by atoms with van der Waals surface area (Å²) in [6.45, 7) is 2.10. The van der Waals surface area contributed by atoms with E-state index in [-0.39, 0.29) is 19.3 Å². The van der Waals surface area contributed by atoms with E-state index < -0.39 is 5.97 Å². The van der Waals surface area contributed by atoms with Gasteiger partial charge >= 0.3 is 5.97 Å². The Morgan fingerprint density at radius 1 is 1.56 bits per heavy atom. The molecule has 1 heterocycles. The van der Waals surface area contributed by atoms with Crippen molar-refractivity contribution in [2.75, 3.05) is 6.79 Å². The van der Waals surface area contributed by atoms with E-state index in [0.29, 0.717) is 17.9 Å². The molecule has 0 amide bonds. The molecule has 0 aliphatic carbocycles. The lowest BCUT2D eigenvalue weighted by molar-refractivity contribution is -0.137. The summed E-state index contributed by atoms with van der Waals surface area (Å²) in [5, 5.41) is 8.68. The fourth-order valence-electron chi connectivity index (χ4n) is 2.00.